The summed E-state index contributed by atoms with van der Waals surface area (Å²) in [5.74, 6) is 1.50. The van der Waals surface area contributed by atoms with Crippen LogP contribution >= 0.6 is 0 Å². The SMILES string of the molecule is CC(C)NC[C@@H](O)COc1ccc(OCCOC(C)C)cc1. The average molecular weight is 311 g/mol. The molecule has 1 rings (SSSR count). The molecule has 0 radical (unpaired) electrons. The zero-order chi connectivity index (χ0) is 16.4. The minimum atomic E-state index is -0.522. The fourth-order valence-electron chi connectivity index (χ4n) is 1.70. The molecule has 0 aliphatic heterocycles. The van der Waals surface area contributed by atoms with Gasteiger partial charge in [0.25, 0.3) is 0 Å². The van der Waals surface area contributed by atoms with Crippen LogP contribution in [0.25, 0.3) is 0 Å². The van der Waals surface area contributed by atoms with Crippen LogP contribution in [-0.4, -0.2) is 49.7 Å². The number of benzene rings is 1. The first-order chi connectivity index (χ1) is 10.5. The van der Waals surface area contributed by atoms with E-state index in [2.05, 4.69) is 5.32 Å². The minimum absolute atomic E-state index is 0.219. The van der Waals surface area contributed by atoms with Gasteiger partial charge in [0.2, 0.25) is 0 Å². The van der Waals surface area contributed by atoms with E-state index < -0.39 is 6.10 Å². The van der Waals surface area contributed by atoms with Crippen LogP contribution in [0.5, 0.6) is 11.5 Å². The molecule has 22 heavy (non-hydrogen) atoms. The van der Waals surface area contributed by atoms with Crippen LogP contribution in [0, 0.1) is 0 Å². The summed E-state index contributed by atoms with van der Waals surface area (Å²) >= 11 is 0. The molecule has 5 heteroatoms. The van der Waals surface area contributed by atoms with Gasteiger partial charge >= 0.3 is 0 Å². The highest BCUT2D eigenvalue weighted by atomic mass is 16.5. The van der Waals surface area contributed by atoms with Gasteiger partial charge in [-0.15, -0.1) is 0 Å². The van der Waals surface area contributed by atoms with E-state index in [4.69, 9.17) is 14.2 Å². The largest absolute Gasteiger partial charge is 0.491 e. The number of aliphatic hydroxyl groups is 1. The molecule has 0 aromatic heterocycles. The molecule has 1 atom stereocenters. The van der Waals surface area contributed by atoms with Crippen LogP contribution in [0.4, 0.5) is 0 Å². The standard InChI is InChI=1S/C17H29NO4/c1-13(2)18-11-15(19)12-22-17-7-5-16(6-8-17)21-10-9-20-14(3)4/h5-8,13-15,18-19H,9-12H2,1-4H3/t15-/m1/s1. The number of aliphatic hydroxyl groups excluding tert-OH is 1. The first kappa shape index (κ1) is 18.7. The summed E-state index contributed by atoms with van der Waals surface area (Å²) < 4.78 is 16.5. The zero-order valence-electron chi connectivity index (χ0n) is 14.0. The fourth-order valence-corrected chi connectivity index (χ4v) is 1.70. The van der Waals surface area contributed by atoms with E-state index >= 15 is 0 Å². The second kappa shape index (κ2) is 10.4. The van der Waals surface area contributed by atoms with Gasteiger partial charge < -0.3 is 24.6 Å². The molecule has 2 N–H and O–H groups in total. The lowest BCUT2D eigenvalue weighted by Crippen LogP contribution is -2.35. The van der Waals surface area contributed by atoms with Gasteiger partial charge in [-0.25, -0.2) is 0 Å². The van der Waals surface area contributed by atoms with Gasteiger partial charge in [-0.2, -0.15) is 0 Å². The average Bonchev–Trinajstić information content (AvgIpc) is 2.48. The van der Waals surface area contributed by atoms with E-state index in [-0.39, 0.29) is 12.7 Å². The Morgan fingerprint density at radius 1 is 0.955 bits per heavy atom. The third kappa shape index (κ3) is 8.87. The van der Waals surface area contributed by atoms with E-state index in [0.717, 1.165) is 11.5 Å². The lowest BCUT2D eigenvalue weighted by atomic mass is 10.3. The van der Waals surface area contributed by atoms with Crippen LogP contribution in [-0.2, 0) is 4.74 Å². The summed E-state index contributed by atoms with van der Waals surface area (Å²) in [6.45, 7) is 9.96. The van der Waals surface area contributed by atoms with Gasteiger partial charge in [0.1, 0.15) is 30.8 Å². The van der Waals surface area contributed by atoms with E-state index in [0.29, 0.717) is 25.8 Å². The molecule has 126 valence electrons. The summed E-state index contributed by atoms with van der Waals surface area (Å²) in [5.41, 5.74) is 0. The third-order valence-electron chi connectivity index (χ3n) is 2.83. The maximum absolute atomic E-state index is 9.78. The Hall–Kier alpha value is -1.30. The molecular formula is C17H29NO4. The van der Waals surface area contributed by atoms with E-state index in [1.807, 2.05) is 52.0 Å². The Labute approximate surface area is 133 Å². The van der Waals surface area contributed by atoms with Gasteiger partial charge in [0.05, 0.1) is 12.7 Å². The summed E-state index contributed by atoms with van der Waals surface area (Å²) in [6, 6.07) is 7.72. The van der Waals surface area contributed by atoms with Crippen LogP contribution in [0.15, 0.2) is 24.3 Å². The molecule has 0 saturated heterocycles. The van der Waals surface area contributed by atoms with Crippen molar-refractivity contribution in [3.8, 4) is 11.5 Å². The van der Waals surface area contributed by atoms with E-state index in [1.165, 1.54) is 0 Å². The van der Waals surface area contributed by atoms with Crippen molar-refractivity contribution in [3.63, 3.8) is 0 Å². The van der Waals surface area contributed by atoms with Gasteiger partial charge in [0, 0.05) is 12.6 Å². The third-order valence-corrected chi connectivity index (χ3v) is 2.83. The molecular weight excluding hydrogens is 282 g/mol. The summed E-state index contributed by atoms with van der Waals surface area (Å²) in [5, 5.41) is 12.9. The minimum Gasteiger partial charge on any atom is -0.491 e. The second-order valence-electron chi connectivity index (χ2n) is 5.77. The van der Waals surface area contributed by atoms with Crippen molar-refractivity contribution in [1.29, 1.82) is 0 Å². The molecule has 0 saturated carbocycles. The van der Waals surface area contributed by atoms with Gasteiger partial charge in [0.15, 0.2) is 0 Å². The maximum atomic E-state index is 9.78. The zero-order valence-corrected chi connectivity index (χ0v) is 14.0. The Bertz CT molecular complexity index is 392. The summed E-state index contributed by atoms with van der Waals surface area (Å²) in [4.78, 5) is 0. The number of rotatable bonds is 11. The van der Waals surface area contributed by atoms with Gasteiger partial charge in [-0.1, -0.05) is 13.8 Å². The van der Waals surface area contributed by atoms with Crippen molar-refractivity contribution >= 4 is 0 Å². The number of hydrogen-bond donors (Lipinski definition) is 2. The first-order valence-corrected chi connectivity index (χ1v) is 7.86. The number of nitrogens with one attached hydrogen (secondary N) is 1. The van der Waals surface area contributed by atoms with E-state index in [9.17, 15) is 5.11 Å². The monoisotopic (exact) mass is 311 g/mol. The van der Waals surface area contributed by atoms with E-state index in [1.54, 1.807) is 0 Å². The van der Waals surface area contributed by atoms with Gasteiger partial charge in [-0.3, -0.25) is 0 Å². The summed E-state index contributed by atoms with van der Waals surface area (Å²) in [7, 11) is 0. The lowest BCUT2D eigenvalue weighted by Gasteiger charge is -2.15. The van der Waals surface area contributed by atoms with Crippen LogP contribution < -0.4 is 14.8 Å². The highest BCUT2D eigenvalue weighted by molar-refractivity contribution is 5.31. The van der Waals surface area contributed by atoms with Crippen LogP contribution in [0.1, 0.15) is 27.7 Å². The van der Waals surface area contributed by atoms with Crippen molar-refractivity contribution in [3.05, 3.63) is 24.3 Å². The molecule has 0 spiro atoms. The molecule has 0 amide bonds. The maximum Gasteiger partial charge on any atom is 0.119 e. The predicted molar refractivity (Wildman–Crippen MR) is 87.7 cm³/mol. The van der Waals surface area contributed by atoms with Crippen molar-refractivity contribution in [1.82, 2.24) is 5.32 Å². The smallest absolute Gasteiger partial charge is 0.119 e. The quantitative estimate of drug-likeness (QED) is 0.614. The van der Waals surface area contributed by atoms with Crippen molar-refractivity contribution in [2.45, 2.75) is 45.9 Å². The Morgan fingerprint density at radius 3 is 2.09 bits per heavy atom. The highest BCUT2D eigenvalue weighted by Crippen LogP contribution is 2.17. The van der Waals surface area contributed by atoms with Gasteiger partial charge in [-0.05, 0) is 38.1 Å². The second-order valence-corrected chi connectivity index (χ2v) is 5.77. The first-order valence-electron chi connectivity index (χ1n) is 7.86. The van der Waals surface area contributed by atoms with Crippen molar-refractivity contribution < 1.29 is 19.3 Å². The molecule has 0 fully saturated rings. The van der Waals surface area contributed by atoms with Crippen molar-refractivity contribution in [2.75, 3.05) is 26.4 Å². The molecule has 0 aliphatic carbocycles. The Morgan fingerprint density at radius 2 is 1.55 bits per heavy atom. The Balaban J connectivity index is 2.23. The fraction of sp³-hybridized carbons (Fsp3) is 0.647. The number of hydrogen-bond acceptors (Lipinski definition) is 5. The molecule has 0 heterocycles. The predicted octanol–water partition coefficient (Wildman–Crippen LogP) is 2.23. The summed E-state index contributed by atoms with van der Waals surface area (Å²) in [6.07, 6.45) is -0.303. The molecule has 1 aromatic carbocycles. The molecule has 0 aliphatic rings. The highest BCUT2D eigenvalue weighted by Gasteiger charge is 2.06. The molecule has 1 aromatic rings. The molecule has 0 unspecified atom stereocenters. The molecule has 0 bridgehead atoms. The lowest BCUT2D eigenvalue weighted by molar-refractivity contribution is 0.0552. The topological polar surface area (TPSA) is 60.0 Å². The number of ether oxygens (including phenoxy) is 3. The van der Waals surface area contributed by atoms with Crippen LogP contribution in [0.2, 0.25) is 0 Å². The van der Waals surface area contributed by atoms with Crippen molar-refractivity contribution in [2.24, 2.45) is 0 Å². The molecule has 5 nitrogen and oxygen atoms in total. The normalized spacial score (nSPS) is 12.7. The Kier molecular flexibility index (Phi) is 8.89. The van der Waals surface area contributed by atoms with Crippen LogP contribution in [0.3, 0.4) is 0 Å².